The maximum atomic E-state index is 13.2. The van der Waals surface area contributed by atoms with Gasteiger partial charge in [0, 0.05) is 11.4 Å². The first-order valence-electron chi connectivity index (χ1n) is 9.02. The molecule has 2 N–H and O–H groups in total. The first kappa shape index (κ1) is 16.6. The van der Waals surface area contributed by atoms with Gasteiger partial charge in [0.15, 0.2) is 0 Å². The molecule has 3 aromatic rings. The van der Waals surface area contributed by atoms with Crippen molar-refractivity contribution in [3.8, 4) is 0 Å². The number of hydrogen-bond acceptors (Lipinski definition) is 6. The second-order valence-electron chi connectivity index (χ2n) is 6.85. The first-order valence-corrected chi connectivity index (χ1v) is 9.02. The van der Waals surface area contributed by atoms with E-state index in [1.165, 1.54) is 5.56 Å². The zero-order valence-corrected chi connectivity index (χ0v) is 15.2. The van der Waals surface area contributed by atoms with Crippen molar-refractivity contribution < 1.29 is 9.53 Å². The van der Waals surface area contributed by atoms with Gasteiger partial charge in [0.1, 0.15) is 6.04 Å². The van der Waals surface area contributed by atoms with Crippen molar-refractivity contribution in [2.45, 2.75) is 26.2 Å². The minimum absolute atomic E-state index is 0.195. The van der Waals surface area contributed by atoms with Crippen LogP contribution in [0.3, 0.4) is 0 Å². The number of fused-ring (bicyclic) bond motifs is 2. The molecule has 1 atom stereocenters. The molecule has 0 aliphatic carbocycles. The van der Waals surface area contributed by atoms with Gasteiger partial charge in [-0.15, -0.1) is 0 Å². The molecule has 1 unspecified atom stereocenters. The van der Waals surface area contributed by atoms with Crippen molar-refractivity contribution in [1.82, 2.24) is 20.2 Å². The summed E-state index contributed by atoms with van der Waals surface area (Å²) in [5.74, 6) is 0.314. The Bertz CT molecular complexity index is 1090. The van der Waals surface area contributed by atoms with E-state index in [0.717, 1.165) is 22.5 Å². The van der Waals surface area contributed by atoms with Gasteiger partial charge < -0.3 is 15.4 Å². The number of carbonyl (C=O) groups excluding carboxylic acids is 1. The standard InChI is InChI=1S/C20H18N6O2/c1-12-17(19(27)22-16-5-3-2-4-6-16)18(26-20(21-12)23-24-25-26)13-7-8-14-10-28-11-15(14)9-13/h2-9,18H,10-11H2,1H3,(H,22,27)(H,21,23,25). The molecule has 28 heavy (non-hydrogen) atoms. The Morgan fingerprint density at radius 3 is 2.86 bits per heavy atom. The number of aromatic nitrogens is 4. The Hall–Kier alpha value is -3.52. The van der Waals surface area contributed by atoms with E-state index in [1.807, 2.05) is 49.4 Å². The molecule has 5 rings (SSSR count). The molecule has 2 aliphatic rings. The van der Waals surface area contributed by atoms with Crippen LogP contribution in [-0.4, -0.2) is 26.1 Å². The lowest BCUT2D eigenvalue weighted by atomic mass is 9.93. The van der Waals surface area contributed by atoms with Crippen molar-refractivity contribution in [2.24, 2.45) is 0 Å². The van der Waals surface area contributed by atoms with Crippen LogP contribution in [0.1, 0.15) is 29.7 Å². The number of allylic oxidation sites excluding steroid dienone is 1. The van der Waals surface area contributed by atoms with Crippen molar-refractivity contribution in [2.75, 3.05) is 10.6 Å². The van der Waals surface area contributed by atoms with E-state index in [9.17, 15) is 4.79 Å². The average Bonchev–Trinajstić information content (AvgIpc) is 3.35. The fourth-order valence-electron chi connectivity index (χ4n) is 3.70. The smallest absolute Gasteiger partial charge is 0.255 e. The lowest BCUT2D eigenvalue weighted by Crippen LogP contribution is -2.31. The normalized spacial score (nSPS) is 17.7. The molecule has 0 saturated carbocycles. The van der Waals surface area contributed by atoms with Gasteiger partial charge in [-0.1, -0.05) is 41.5 Å². The van der Waals surface area contributed by atoms with Crippen molar-refractivity contribution >= 4 is 17.5 Å². The molecule has 3 heterocycles. The Morgan fingerprint density at radius 1 is 1.18 bits per heavy atom. The van der Waals surface area contributed by atoms with Gasteiger partial charge in [-0.2, -0.15) is 4.68 Å². The Kier molecular flexibility index (Phi) is 3.91. The number of rotatable bonds is 3. The summed E-state index contributed by atoms with van der Waals surface area (Å²) in [6.07, 6.45) is 0. The van der Waals surface area contributed by atoms with Gasteiger partial charge in [-0.05, 0) is 46.2 Å². The molecule has 0 radical (unpaired) electrons. The Morgan fingerprint density at radius 2 is 2.00 bits per heavy atom. The summed E-state index contributed by atoms with van der Waals surface area (Å²) >= 11 is 0. The van der Waals surface area contributed by atoms with Gasteiger partial charge in [-0.25, -0.2) is 0 Å². The second-order valence-corrected chi connectivity index (χ2v) is 6.85. The van der Waals surface area contributed by atoms with E-state index < -0.39 is 6.04 Å². The first-order chi connectivity index (χ1) is 13.7. The van der Waals surface area contributed by atoms with E-state index >= 15 is 0 Å². The molecular weight excluding hydrogens is 356 g/mol. The number of amides is 1. The van der Waals surface area contributed by atoms with E-state index in [4.69, 9.17) is 4.74 Å². The van der Waals surface area contributed by atoms with E-state index in [-0.39, 0.29) is 5.91 Å². The molecule has 1 aromatic heterocycles. The maximum absolute atomic E-state index is 13.2. The highest BCUT2D eigenvalue weighted by Gasteiger charge is 2.34. The minimum Gasteiger partial charge on any atom is -0.372 e. The van der Waals surface area contributed by atoms with Crippen LogP contribution in [0.4, 0.5) is 11.6 Å². The summed E-state index contributed by atoms with van der Waals surface area (Å²) in [5, 5.41) is 18.0. The summed E-state index contributed by atoms with van der Waals surface area (Å²) in [5.41, 5.74) is 5.27. The Balaban J connectivity index is 1.58. The third-order valence-corrected chi connectivity index (χ3v) is 5.05. The lowest BCUT2D eigenvalue weighted by Gasteiger charge is -2.28. The van der Waals surface area contributed by atoms with E-state index in [0.29, 0.717) is 24.7 Å². The largest absolute Gasteiger partial charge is 0.372 e. The number of tetrazole rings is 1. The zero-order chi connectivity index (χ0) is 19.1. The highest BCUT2D eigenvalue weighted by molar-refractivity contribution is 6.06. The molecule has 0 fully saturated rings. The molecule has 140 valence electrons. The number of nitrogens with zero attached hydrogens (tertiary/aromatic N) is 4. The lowest BCUT2D eigenvalue weighted by molar-refractivity contribution is -0.113. The van der Waals surface area contributed by atoms with Crippen LogP contribution in [-0.2, 0) is 22.7 Å². The van der Waals surface area contributed by atoms with Crippen LogP contribution in [0.25, 0.3) is 0 Å². The minimum atomic E-state index is -0.430. The average molecular weight is 374 g/mol. The summed E-state index contributed by atoms with van der Waals surface area (Å²) < 4.78 is 7.18. The quantitative estimate of drug-likeness (QED) is 0.732. The molecule has 0 saturated heterocycles. The fourth-order valence-corrected chi connectivity index (χ4v) is 3.70. The number of anilines is 2. The van der Waals surface area contributed by atoms with Crippen molar-refractivity contribution in [1.29, 1.82) is 0 Å². The van der Waals surface area contributed by atoms with E-state index in [2.05, 4.69) is 32.2 Å². The SMILES string of the molecule is CC1=C(C(=O)Nc2ccccc2)C(c2ccc3c(c2)COC3)n2nnnc2N1. The van der Waals surface area contributed by atoms with Crippen LogP contribution in [0.2, 0.25) is 0 Å². The molecule has 2 aliphatic heterocycles. The maximum Gasteiger partial charge on any atom is 0.255 e. The van der Waals surface area contributed by atoms with Crippen LogP contribution in [0.15, 0.2) is 59.8 Å². The summed E-state index contributed by atoms with van der Waals surface area (Å²) in [7, 11) is 0. The highest BCUT2D eigenvalue weighted by Crippen LogP contribution is 2.36. The number of nitrogens with one attached hydrogen (secondary N) is 2. The van der Waals surface area contributed by atoms with Gasteiger partial charge in [-0.3, -0.25) is 4.79 Å². The van der Waals surface area contributed by atoms with Gasteiger partial charge in [0.05, 0.1) is 18.8 Å². The summed E-state index contributed by atoms with van der Waals surface area (Å²) in [6, 6.07) is 15.1. The molecule has 8 heteroatoms. The number of hydrogen-bond donors (Lipinski definition) is 2. The fraction of sp³-hybridized carbons (Fsp3) is 0.200. The molecule has 1 amide bonds. The third kappa shape index (κ3) is 2.74. The number of ether oxygens (including phenoxy) is 1. The number of para-hydroxylation sites is 1. The molecular formula is C20H18N6O2. The third-order valence-electron chi connectivity index (χ3n) is 5.05. The van der Waals surface area contributed by atoms with Crippen LogP contribution < -0.4 is 10.6 Å². The van der Waals surface area contributed by atoms with Crippen LogP contribution >= 0.6 is 0 Å². The van der Waals surface area contributed by atoms with Gasteiger partial charge >= 0.3 is 0 Å². The van der Waals surface area contributed by atoms with Crippen molar-refractivity contribution in [3.63, 3.8) is 0 Å². The van der Waals surface area contributed by atoms with E-state index in [1.54, 1.807) is 4.68 Å². The van der Waals surface area contributed by atoms with Crippen molar-refractivity contribution in [3.05, 3.63) is 76.5 Å². The Labute approximate surface area is 161 Å². The van der Waals surface area contributed by atoms with Gasteiger partial charge in [0.2, 0.25) is 5.95 Å². The summed E-state index contributed by atoms with van der Waals surface area (Å²) in [4.78, 5) is 13.2. The monoisotopic (exact) mass is 374 g/mol. The summed E-state index contributed by atoms with van der Waals surface area (Å²) in [6.45, 7) is 3.06. The second kappa shape index (κ2) is 6.58. The van der Waals surface area contributed by atoms with Crippen LogP contribution in [0.5, 0.6) is 0 Å². The number of benzene rings is 2. The highest BCUT2D eigenvalue weighted by atomic mass is 16.5. The molecule has 8 nitrogen and oxygen atoms in total. The number of carbonyl (C=O) groups is 1. The van der Waals surface area contributed by atoms with Gasteiger partial charge in [0.25, 0.3) is 5.91 Å². The topological polar surface area (TPSA) is 94.0 Å². The molecule has 0 bridgehead atoms. The molecule has 0 spiro atoms. The zero-order valence-electron chi connectivity index (χ0n) is 15.2. The van der Waals surface area contributed by atoms with Crippen LogP contribution in [0, 0.1) is 0 Å². The molecule has 2 aromatic carbocycles. The predicted octanol–water partition coefficient (Wildman–Crippen LogP) is 2.63. The predicted molar refractivity (Wildman–Crippen MR) is 102 cm³/mol.